The van der Waals surface area contributed by atoms with Crippen LogP contribution in [0, 0.1) is 5.82 Å². The predicted octanol–water partition coefficient (Wildman–Crippen LogP) is 3.22. The summed E-state index contributed by atoms with van der Waals surface area (Å²) >= 11 is 3.63. The smallest absolute Gasteiger partial charge is 0.419 e. The fraction of sp³-hybridized carbons (Fsp3) is 0.143. The average Bonchev–Trinajstić information content (AvgIpc) is 2.88. The zero-order chi connectivity index (χ0) is 19.5. The van der Waals surface area contributed by atoms with Crippen molar-refractivity contribution in [3.63, 3.8) is 0 Å². The van der Waals surface area contributed by atoms with E-state index in [1.165, 1.54) is 0 Å². The number of hydrogen-bond acceptors (Lipinski definition) is 6. The van der Waals surface area contributed by atoms with E-state index in [2.05, 4.69) is 36.2 Å². The van der Waals surface area contributed by atoms with Gasteiger partial charge in [0.25, 0.3) is 5.91 Å². The molecular formula is C14H8BrF4N3O3S. The molecule has 1 aliphatic rings. The van der Waals surface area contributed by atoms with Gasteiger partial charge >= 0.3 is 12.1 Å². The van der Waals surface area contributed by atoms with Crippen molar-refractivity contribution < 1.29 is 31.9 Å². The van der Waals surface area contributed by atoms with Crippen LogP contribution in [-0.4, -0.2) is 30.4 Å². The van der Waals surface area contributed by atoms with Crippen molar-refractivity contribution in [1.29, 1.82) is 0 Å². The highest BCUT2D eigenvalue weighted by Gasteiger charge is 2.35. The van der Waals surface area contributed by atoms with Gasteiger partial charge in [-0.05, 0) is 23.9 Å². The molecular weight excluding hydrogens is 446 g/mol. The molecule has 1 fully saturated rings. The molecule has 138 valence electrons. The van der Waals surface area contributed by atoms with Gasteiger partial charge in [-0.15, -0.1) is 5.10 Å². The monoisotopic (exact) mass is 453 g/mol. The largest absolute Gasteiger partial charge is 0.466 e. The number of amides is 1. The minimum Gasteiger partial charge on any atom is -0.466 e. The lowest BCUT2D eigenvalue weighted by Crippen LogP contribution is -2.19. The Morgan fingerprint density at radius 2 is 2.08 bits per heavy atom. The summed E-state index contributed by atoms with van der Waals surface area (Å²) in [5, 5.41) is 9.30. The Morgan fingerprint density at radius 3 is 2.69 bits per heavy atom. The van der Waals surface area contributed by atoms with Crippen molar-refractivity contribution in [2.45, 2.75) is 6.18 Å². The summed E-state index contributed by atoms with van der Waals surface area (Å²) in [6, 6.07) is 1.70. The first-order valence-corrected chi connectivity index (χ1v) is 8.19. The number of benzene rings is 1. The molecule has 1 aromatic carbocycles. The molecule has 0 bridgehead atoms. The molecule has 0 radical (unpaired) electrons. The van der Waals surface area contributed by atoms with Crippen LogP contribution in [0.2, 0.25) is 0 Å². The number of hydrogen-bond donors (Lipinski definition) is 1. The maximum Gasteiger partial charge on any atom is 0.419 e. The summed E-state index contributed by atoms with van der Waals surface area (Å²) in [4.78, 5) is 22.7. The van der Waals surface area contributed by atoms with E-state index in [-0.39, 0.29) is 14.5 Å². The Morgan fingerprint density at radius 1 is 1.38 bits per heavy atom. The van der Waals surface area contributed by atoms with E-state index in [4.69, 9.17) is 0 Å². The standard InChI is InChI=1S/C14H8BrF4N3O3S/c1-25-10(23)4-9-12(24)21-13(26-9)22-20-5-6-2-7(15)3-8(11(6)16)14(17,18)19/h2-5H,1H3,(H,21,22,24)/b9-4+,20-5?. The summed E-state index contributed by atoms with van der Waals surface area (Å²) in [5.41, 5.74) is -1.90. The number of methoxy groups -OCH3 is 1. The first kappa shape index (κ1) is 20.1. The average molecular weight is 454 g/mol. The fourth-order valence-electron chi connectivity index (χ4n) is 1.70. The van der Waals surface area contributed by atoms with Crippen LogP contribution in [0.1, 0.15) is 11.1 Å². The number of alkyl halides is 3. The van der Waals surface area contributed by atoms with Gasteiger partial charge in [-0.1, -0.05) is 15.9 Å². The molecule has 1 N–H and O–H groups in total. The molecule has 1 heterocycles. The van der Waals surface area contributed by atoms with Gasteiger partial charge in [-0.2, -0.15) is 18.3 Å². The Labute approximate surface area is 156 Å². The number of esters is 1. The van der Waals surface area contributed by atoms with E-state index in [0.29, 0.717) is 6.07 Å². The number of rotatable bonds is 3. The molecule has 1 saturated heterocycles. The third-order valence-corrected chi connectivity index (χ3v) is 4.18. The number of halogens is 5. The van der Waals surface area contributed by atoms with Gasteiger partial charge in [0.05, 0.1) is 23.8 Å². The zero-order valence-corrected chi connectivity index (χ0v) is 15.1. The first-order valence-electron chi connectivity index (χ1n) is 6.58. The topological polar surface area (TPSA) is 80.1 Å². The lowest BCUT2D eigenvalue weighted by atomic mass is 10.1. The van der Waals surface area contributed by atoms with Gasteiger partial charge in [0.15, 0.2) is 5.17 Å². The third-order valence-electron chi connectivity index (χ3n) is 2.82. The lowest BCUT2D eigenvalue weighted by Gasteiger charge is -2.10. The number of amidine groups is 1. The van der Waals surface area contributed by atoms with Crippen molar-refractivity contribution in [2.24, 2.45) is 10.2 Å². The molecule has 0 unspecified atom stereocenters. The van der Waals surface area contributed by atoms with Gasteiger partial charge < -0.3 is 4.74 Å². The van der Waals surface area contributed by atoms with E-state index < -0.39 is 35.0 Å². The van der Waals surface area contributed by atoms with Gasteiger partial charge in [0.1, 0.15) is 5.82 Å². The zero-order valence-electron chi connectivity index (χ0n) is 12.7. The van der Waals surface area contributed by atoms with E-state index in [1.807, 2.05) is 0 Å². The Hall–Kier alpha value is -2.21. The number of nitrogens with zero attached hydrogens (tertiary/aromatic N) is 2. The van der Waals surface area contributed by atoms with Crippen LogP contribution in [0.15, 0.2) is 37.8 Å². The van der Waals surface area contributed by atoms with Crippen LogP contribution in [0.3, 0.4) is 0 Å². The summed E-state index contributed by atoms with van der Waals surface area (Å²) in [6.45, 7) is 0. The Balaban J connectivity index is 2.23. The number of thioether (sulfide) groups is 1. The summed E-state index contributed by atoms with van der Waals surface area (Å²) < 4.78 is 56.6. The van der Waals surface area contributed by atoms with Crippen molar-refractivity contribution in [3.8, 4) is 0 Å². The van der Waals surface area contributed by atoms with Gasteiger partial charge in [-0.25, -0.2) is 9.18 Å². The van der Waals surface area contributed by atoms with Gasteiger partial charge in [-0.3, -0.25) is 10.1 Å². The molecule has 0 saturated carbocycles. The molecule has 0 aromatic heterocycles. The molecule has 6 nitrogen and oxygen atoms in total. The van der Waals surface area contributed by atoms with Crippen LogP contribution in [0.25, 0.3) is 0 Å². The summed E-state index contributed by atoms with van der Waals surface area (Å²) in [6.07, 6.45) is -3.15. The van der Waals surface area contributed by atoms with E-state index in [9.17, 15) is 27.2 Å². The molecule has 2 rings (SSSR count). The molecule has 1 aromatic rings. The molecule has 0 aliphatic carbocycles. The fourth-order valence-corrected chi connectivity index (χ4v) is 2.91. The molecule has 26 heavy (non-hydrogen) atoms. The van der Waals surface area contributed by atoms with Crippen LogP contribution in [0.5, 0.6) is 0 Å². The third kappa shape index (κ3) is 4.91. The van der Waals surface area contributed by atoms with Crippen molar-refractivity contribution in [3.05, 3.63) is 44.5 Å². The lowest BCUT2D eigenvalue weighted by molar-refractivity contribution is -0.140. The second kappa shape index (κ2) is 7.99. The van der Waals surface area contributed by atoms with Crippen LogP contribution >= 0.6 is 27.7 Å². The minimum absolute atomic E-state index is 0.00112. The highest BCUT2D eigenvalue weighted by molar-refractivity contribution is 9.10. The van der Waals surface area contributed by atoms with Gasteiger partial charge in [0, 0.05) is 16.1 Å². The Bertz CT molecular complexity index is 853. The first-order chi connectivity index (χ1) is 12.1. The number of ether oxygens (including phenoxy) is 1. The second-order valence-electron chi connectivity index (χ2n) is 4.59. The maximum absolute atomic E-state index is 13.9. The molecule has 1 amide bonds. The molecule has 12 heteroatoms. The maximum atomic E-state index is 13.9. The van der Waals surface area contributed by atoms with Crippen molar-refractivity contribution in [2.75, 3.05) is 7.11 Å². The van der Waals surface area contributed by atoms with E-state index in [1.54, 1.807) is 0 Å². The quantitative estimate of drug-likeness (QED) is 0.250. The van der Waals surface area contributed by atoms with Crippen LogP contribution < -0.4 is 5.32 Å². The van der Waals surface area contributed by atoms with Crippen LogP contribution in [0.4, 0.5) is 17.6 Å². The van der Waals surface area contributed by atoms with E-state index in [0.717, 1.165) is 37.2 Å². The predicted molar refractivity (Wildman–Crippen MR) is 90.0 cm³/mol. The van der Waals surface area contributed by atoms with Crippen LogP contribution in [-0.2, 0) is 20.5 Å². The van der Waals surface area contributed by atoms with Crippen molar-refractivity contribution in [1.82, 2.24) is 5.32 Å². The molecule has 1 aliphatic heterocycles. The second-order valence-corrected chi connectivity index (χ2v) is 6.54. The highest BCUT2D eigenvalue weighted by Crippen LogP contribution is 2.34. The molecule has 0 spiro atoms. The number of carbonyl (C=O) groups is 2. The van der Waals surface area contributed by atoms with E-state index >= 15 is 0 Å². The number of nitrogens with one attached hydrogen (secondary N) is 1. The van der Waals surface area contributed by atoms with Gasteiger partial charge in [0.2, 0.25) is 0 Å². The highest BCUT2D eigenvalue weighted by atomic mass is 79.9. The summed E-state index contributed by atoms with van der Waals surface area (Å²) in [5.74, 6) is -2.87. The SMILES string of the molecule is COC(=O)/C=C1/S/C(=N\N=Cc2cc(Br)cc(C(F)(F)F)c2F)NC1=O. The Kier molecular flexibility index (Phi) is 6.18. The minimum atomic E-state index is -4.87. The normalized spacial score (nSPS) is 18.0. The summed E-state index contributed by atoms with van der Waals surface area (Å²) in [7, 11) is 1.14. The van der Waals surface area contributed by atoms with Crippen molar-refractivity contribution >= 4 is 51.0 Å². The number of carbonyl (C=O) groups excluding carboxylic acids is 2. The molecule has 0 atom stereocenters.